The normalized spacial score (nSPS) is 26.5. The Bertz CT molecular complexity index is 842. The number of aliphatic hydroxyl groups excluding tert-OH is 1. The van der Waals surface area contributed by atoms with E-state index >= 15 is 0 Å². The molecule has 2 rings (SSSR count). The number of ether oxygens (including phenoxy) is 1. The first-order valence-electron chi connectivity index (χ1n) is 6.72. The first kappa shape index (κ1) is 20.2. The van der Waals surface area contributed by atoms with E-state index in [2.05, 4.69) is 8.83 Å². The van der Waals surface area contributed by atoms with Gasteiger partial charge in [0.15, 0.2) is 0 Å². The van der Waals surface area contributed by atoms with Crippen LogP contribution in [0.2, 0.25) is 0 Å². The van der Waals surface area contributed by atoms with Gasteiger partial charge < -0.3 is 33.6 Å². The average Bonchev–Trinajstić information content (AvgIpc) is 2.79. The zero-order chi connectivity index (χ0) is 19.0. The summed E-state index contributed by atoms with van der Waals surface area (Å²) in [5.41, 5.74) is -1.19. The van der Waals surface area contributed by atoms with E-state index in [1.807, 2.05) is 4.98 Å². The van der Waals surface area contributed by atoms with Crippen molar-refractivity contribution in [2.24, 2.45) is 0 Å². The highest BCUT2D eigenvalue weighted by Gasteiger charge is 2.36. The lowest BCUT2D eigenvalue weighted by molar-refractivity contribution is -0.339. The van der Waals surface area contributed by atoms with Crippen LogP contribution in [-0.2, 0) is 22.7 Å². The molecule has 1 saturated heterocycles. The maximum Gasteiger partial charge on any atom is 0.330 e. The zero-order valence-electron chi connectivity index (χ0n) is 12.6. The zero-order valence-corrected chi connectivity index (χ0v) is 14.4. The second-order valence-electron chi connectivity index (χ2n) is 5.18. The molecule has 1 aliphatic heterocycles. The van der Waals surface area contributed by atoms with E-state index in [4.69, 9.17) is 4.74 Å². The van der Waals surface area contributed by atoms with Crippen LogP contribution in [0.1, 0.15) is 18.2 Å². The van der Waals surface area contributed by atoms with Gasteiger partial charge in [0.25, 0.3) is 13.4 Å². The molecule has 15 heteroatoms. The number of phosphoric acid groups is 2. The second-order valence-corrected chi connectivity index (χ2v) is 7.88. The molecule has 0 radical (unpaired) electrons. The Labute approximate surface area is 139 Å². The van der Waals surface area contributed by atoms with Gasteiger partial charge in [-0.3, -0.25) is 23.2 Å². The third kappa shape index (κ3) is 5.42. The Balaban J connectivity index is 2.06. The van der Waals surface area contributed by atoms with Crippen LogP contribution in [0, 0.1) is 6.92 Å². The molecule has 142 valence electrons. The largest absolute Gasteiger partial charge is 0.790 e. The molecular weight excluding hydrogens is 386 g/mol. The van der Waals surface area contributed by atoms with Gasteiger partial charge in [0.1, 0.15) is 12.3 Å². The molecule has 0 aliphatic carbocycles. The lowest BCUT2D eigenvalue weighted by atomic mass is 10.2. The van der Waals surface area contributed by atoms with E-state index in [0.717, 1.165) is 4.57 Å². The average molecular weight is 399 g/mol. The summed E-state index contributed by atoms with van der Waals surface area (Å²) in [6.45, 7) is 0.589. The van der Waals surface area contributed by atoms with Gasteiger partial charge >= 0.3 is 5.69 Å². The number of hydrogen-bond donors (Lipinski definition) is 2. The van der Waals surface area contributed by atoms with Crippen molar-refractivity contribution in [2.75, 3.05) is 6.61 Å². The van der Waals surface area contributed by atoms with Crippen LogP contribution in [-0.4, -0.2) is 33.5 Å². The van der Waals surface area contributed by atoms with Crippen LogP contribution < -0.4 is 25.9 Å². The number of H-pyrrole nitrogens is 1. The fourth-order valence-electron chi connectivity index (χ4n) is 2.15. The molecule has 1 aliphatic rings. The van der Waals surface area contributed by atoms with Crippen molar-refractivity contribution in [3.05, 3.63) is 32.6 Å². The molecule has 25 heavy (non-hydrogen) atoms. The van der Waals surface area contributed by atoms with Crippen LogP contribution in [0.25, 0.3) is 0 Å². The summed E-state index contributed by atoms with van der Waals surface area (Å²) < 4.78 is 35.2. The molecule has 0 bridgehead atoms. The molecule has 1 aromatic rings. The summed E-state index contributed by atoms with van der Waals surface area (Å²) in [6.07, 6.45) is -2.48. The summed E-state index contributed by atoms with van der Waals surface area (Å²) in [4.78, 5) is 56.9. The summed E-state index contributed by atoms with van der Waals surface area (Å²) in [6, 6.07) is 0. The molecule has 1 fully saturated rings. The van der Waals surface area contributed by atoms with Crippen LogP contribution >= 0.6 is 15.6 Å². The van der Waals surface area contributed by atoms with E-state index in [1.54, 1.807) is 0 Å². The van der Waals surface area contributed by atoms with Crippen molar-refractivity contribution in [2.45, 2.75) is 31.8 Å². The maximum atomic E-state index is 11.8. The first-order chi connectivity index (χ1) is 11.4. The summed E-state index contributed by atoms with van der Waals surface area (Å²) in [7, 11) is -11.3. The number of aromatic nitrogens is 2. The van der Waals surface area contributed by atoms with E-state index < -0.39 is 51.9 Å². The highest BCUT2D eigenvalue weighted by Crippen LogP contribution is 2.50. The number of aromatic amines is 1. The summed E-state index contributed by atoms with van der Waals surface area (Å²) >= 11 is 0. The number of nitrogens with zero attached hydrogens (tertiary/aromatic N) is 1. The van der Waals surface area contributed by atoms with Gasteiger partial charge in [0.2, 0.25) is 0 Å². The summed E-state index contributed by atoms with van der Waals surface area (Å²) in [5.74, 6) is 0. The number of aliphatic hydroxyl groups is 1. The fourth-order valence-corrected chi connectivity index (χ4v) is 3.64. The molecule has 2 N–H and O–H groups in total. The Morgan fingerprint density at radius 2 is 2.04 bits per heavy atom. The topological polar surface area (TPSA) is 206 Å². The predicted molar refractivity (Wildman–Crippen MR) is 72.8 cm³/mol. The van der Waals surface area contributed by atoms with Crippen LogP contribution in [0.4, 0.5) is 0 Å². The predicted octanol–water partition coefficient (Wildman–Crippen LogP) is -3.18. The van der Waals surface area contributed by atoms with Gasteiger partial charge in [0.05, 0.1) is 20.5 Å². The van der Waals surface area contributed by atoms with Crippen molar-refractivity contribution in [1.29, 1.82) is 0 Å². The minimum atomic E-state index is -5.82. The molecule has 0 aromatic carbocycles. The van der Waals surface area contributed by atoms with Gasteiger partial charge in [-0.1, -0.05) is 0 Å². The molecule has 1 aromatic heterocycles. The van der Waals surface area contributed by atoms with Gasteiger partial charge in [-0.25, -0.2) is 4.79 Å². The lowest BCUT2D eigenvalue weighted by Gasteiger charge is -2.35. The molecule has 0 spiro atoms. The van der Waals surface area contributed by atoms with E-state index in [-0.39, 0.29) is 12.0 Å². The van der Waals surface area contributed by atoms with Gasteiger partial charge in [-0.05, 0) is 6.92 Å². The smallest absolute Gasteiger partial charge is 0.330 e. The van der Waals surface area contributed by atoms with Crippen LogP contribution in [0.5, 0.6) is 0 Å². The molecule has 0 amide bonds. The SMILES string of the molecule is Cc1cn(C2CC(O)C(COP(=O)([O-])OP(=O)([O-])[O-])O2)c(=O)[nH]c1=O. The minimum absolute atomic E-state index is 0.134. The Morgan fingerprint density at radius 3 is 2.64 bits per heavy atom. The van der Waals surface area contributed by atoms with Crippen molar-refractivity contribution >= 4 is 15.6 Å². The molecular formula is C10H13N2O11P2-3. The number of aryl methyl sites for hydroxylation is 1. The molecule has 13 nitrogen and oxygen atoms in total. The minimum Gasteiger partial charge on any atom is -0.790 e. The first-order valence-corrected chi connectivity index (χ1v) is 9.65. The number of phosphoric ester groups is 1. The van der Waals surface area contributed by atoms with Gasteiger partial charge in [-0.2, -0.15) is 0 Å². The quantitative estimate of drug-likeness (QED) is 0.456. The lowest BCUT2D eigenvalue weighted by Crippen LogP contribution is -2.33. The summed E-state index contributed by atoms with van der Waals surface area (Å²) in [5, 5.41) is 9.86. The highest BCUT2D eigenvalue weighted by molar-refractivity contribution is 7.58. The molecule has 4 unspecified atom stereocenters. The van der Waals surface area contributed by atoms with E-state index in [1.165, 1.54) is 13.1 Å². The van der Waals surface area contributed by atoms with E-state index in [0.29, 0.717) is 0 Å². The highest BCUT2D eigenvalue weighted by atomic mass is 31.3. The molecule has 4 atom stereocenters. The standard InChI is InChI=1S/C10H16N2O11P2/c1-5-3-12(10(15)11-9(5)14)8-2-6(13)7(22-8)4-21-25(19,20)23-24(16,17)18/h3,6-8,13H,2,4H2,1H3,(H,19,20)(H,11,14,15)(H2,16,17,18)/p-3. The Kier molecular flexibility index (Phi) is 5.84. The van der Waals surface area contributed by atoms with Crippen molar-refractivity contribution in [3.63, 3.8) is 0 Å². The molecule has 0 saturated carbocycles. The number of nitrogens with one attached hydrogen (secondary N) is 1. The van der Waals surface area contributed by atoms with Crippen LogP contribution in [0.15, 0.2) is 15.8 Å². The third-order valence-corrected chi connectivity index (χ3v) is 5.32. The van der Waals surface area contributed by atoms with Crippen molar-refractivity contribution in [3.8, 4) is 0 Å². The van der Waals surface area contributed by atoms with Gasteiger partial charge in [0, 0.05) is 18.2 Å². The van der Waals surface area contributed by atoms with Crippen molar-refractivity contribution in [1.82, 2.24) is 9.55 Å². The van der Waals surface area contributed by atoms with Gasteiger partial charge in [-0.15, -0.1) is 0 Å². The molecule has 2 heterocycles. The van der Waals surface area contributed by atoms with Crippen LogP contribution in [0.3, 0.4) is 0 Å². The monoisotopic (exact) mass is 399 g/mol. The Hall–Kier alpha value is -1.14. The van der Waals surface area contributed by atoms with Crippen molar-refractivity contribution < 1.29 is 42.5 Å². The fraction of sp³-hybridized carbons (Fsp3) is 0.600. The number of rotatable bonds is 6. The van der Waals surface area contributed by atoms with E-state index in [9.17, 15) is 38.5 Å². The third-order valence-electron chi connectivity index (χ3n) is 3.26. The maximum absolute atomic E-state index is 11.8. The Morgan fingerprint density at radius 1 is 1.40 bits per heavy atom. The second kappa shape index (κ2) is 7.23. The number of hydrogen-bond acceptors (Lipinski definition) is 11.